The summed E-state index contributed by atoms with van der Waals surface area (Å²) in [6.07, 6.45) is -7.39. The molecule has 18 nitrogen and oxygen atoms in total. The molecule has 1 aliphatic rings. The first-order chi connectivity index (χ1) is 15.2. The van der Waals surface area contributed by atoms with Gasteiger partial charge in [0.2, 0.25) is 0 Å². The van der Waals surface area contributed by atoms with Crippen LogP contribution in [0.15, 0.2) is 12.7 Å². The maximum atomic E-state index is 12.4. The Bertz CT molecular complexity index is 1130. The van der Waals surface area contributed by atoms with Crippen LogP contribution < -0.4 is 5.73 Å². The minimum absolute atomic E-state index is 0.0108. The number of aliphatic carboxylic acids is 1. The van der Waals surface area contributed by atoms with Crippen LogP contribution in [0.3, 0.4) is 0 Å². The molecule has 20 heteroatoms. The van der Waals surface area contributed by atoms with Crippen LogP contribution in [0.1, 0.15) is 6.23 Å². The van der Waals surface area contributed by atoms with Gasteiger partial charge in [-0.2, -0.15) is 0 Å². The summed E-state index contributed by atoms with van der Waals surface area (Å²) in [6, 6.07) is 0. The molecule has 0 spiro atoms. The SMILES string of the molecule is Nc1ncnc2c1ncn2[C@@H]1O[C@H](C(O)P(=O)(O)OP(=O)(O)OCC(O)C(=O)O)[C@@H](O)[C@H]1O. The van der Waals surface area contributed by atoms with E-state index in [0.29, 0.717) is 0 Å². The fourth-order valence-corrected chi connectivity index (χ4v) is 5.56. The number of hydrogen-bond donors (Lipinski definition) is 8. The zero-order chi connectivity index (χ0) is 24.7. The number of hydrogen-bond acceptors (Lipinski definition) is 14. The first-order valence-corrected chi connectivity index (χ1v) is 11.9. The number of ether oxygens (including phenoxy) is 1. The number of aromatic nitrogens is 4. The summed E-state index contributed by atoms with van der Waals surface area (Å²) in [5.74, 6) is -4.51. The van der Waals surface area contributed by atoms with Gasteiger partial charge in [-0.05, 0) is 0 Å². The Kier molecular flexibility index (Phi) is 7.18. The highest BCUT2D eigenvalue weighted by Crippen LogP contribution is 2.63. The topological polar surface area (TPSA) is 290 Å². The van der Waals surface area contributed by atoms with E-state index < -0.39 is 64.5 Å². The zero-order valence-corrected chi connectivity index (χ0v) is 18.0. The Balaban J connectivity index is 1.76. The minimum atomic E-state index is -5.54. The van der Waals surface area contributed by atoms with Crippen molar-refractivity contribution in [2.45, 2.75) is 36.5 Å². The molecule has 0 bridgehead atoms. The van der Waals surface area contributed by atoms with Crippen molar-refractivity contribution in [2.24, 2.45) is 0 Å². The second-order valence-electron chi connectivity index (χ2n) is 6.73. The molecular weight excluding hydrogens is 496 g/mol. The lowest BCUT2D eigenvalue weighted by Gasteiger charge is -2.25. The Morgan fingerprint density at radius 2 is 1.88 bits per heavy atom. The Morgan fingerprint density at radius 1 is 1.21 bits per heavy atom. The first-order valence-electron chi connectivity index (χ1n) is 8.80. The molecule has 1 aliphatic heterocycles. The minimum Gasteiger partial charge on any atom is -0.479 e. The van der Waals surface area contributed by atoms with E-state index in [2.05, 4.69) is 23.8 Å². The van der Waals surface area contributed by atoms with Crippen molar-refractivity contribution >= 4 is 38.4 Å². The summed E-state index contributed by atoms with van der Waals surface area (Å²) in [6.45, 7) is -1.29. The fraction of sp³-hybridized carbons (Fsp3) is 0.538. The van der Waals surface area contributed by atoms with Gasteiger partial charge in [0, 0.05) is 0 Å². The number of fused-ring (bicyclic) bond motifs is 1. The van der Waals surface area contributed by atoms with Gasteiger partial charge >= 0.3 is 21.4 Å². The maximum absolute atomic E-state index is 12.4. The number of anilines is 1. The highest BCUT2D eigenvalue weighted by molar-refractivity contribution is 7.64. The molecule has 0 radical (unpaired) electrons. The summed E-state index contributed by atoms with van der Waals surface area (Å²) in [5.41, 5.74) is 5.84. The maximum Gasteiger partial charge on any atom is 0.479 e. The predicted molar refractivity (Wildman–Crippen MR) is 102 cm³/mol. The molecular formula is C13H19N5O13P2. The van der Waals surface area contributed by atoms with E-state index in [4.69, 9.17) is 20.7 Å². The molecule has 8 atom stereocenters. The van der Waals surface area contributed by atoms with Gasteiger partial charge in [0.05, 0.1) is 12.9 Å². The molecule has 4 unspecified atom stereocenters. The smallest absolute Gasteiger partial charge is 0.479 e. The van der Waals surface area contributed by atoms with Crippen LogP contribution in [0.5, 0.6) is 0 Å². The van der Waals surface area contributed by atoms with Crippen LogP contribution >= 0.6 is 15.4 Å². The fourth-order valence-electron chi connectivity index (χ4n) is 2.86. The van der Waals surface area contributed by atoms with E-state index in [0.717, 1.165) is 17.2 Å². The van der Waals surface area contributed by atoms with Crippen LogP contribution in [0, 0.1) is 0 Å². The van der Waals surface area contributed by atoms with Gasteiger partial charge in [-0.1, -0.05) is 0 Å². The van der Waals surface area contributed by atoms with E-state index >= 15 is 0 Å². The average molecular weight is 515 g/mol. The molecule has 0 aromatic carbocycles. The molecule has 184 valence electrons. The van der Waals surface area contributed by atoms with E-state index in [1.165, 1.54) is 0 Å². The lowest BCUT2D eigenvalue weighted by Crippen LogP contribution is -2.38. The second kappa shape index (κ2) is 9.28. The van der Waals surface area contributed by atoms with Crippen LogP contribution in [-0.4, -0.2) is 97.7 Å². The van der Waals surface area contributed by atoms with Gasteiger partial charge in [-0.3, -0.25) is 13.7 Å². The van der Waals surface area contributed by atoms with Crippen molar-refractivity contribution in [3.8, 4) is 0 Å². The lowest BCUT2D eigenvalue weighted by atomic mass is 10.1. The molecule has 0 amide bonds. The molecule has 0 saturated carbocycles. The van der Waals surface area contributed by atoms with Gasteiger partial charge in [-0.15, -0.1) is 0 Å². The molecule has 3 heterocycles. The number of aliphatic hydroxyl groups excluding tert-OH is 4. The number of phosphoric ester groups is 1. The molecule has 33 heavy (non-hydrogen) atoms. The highest BCUT2D eigenvalue weighted by atomic mass is 31.3. The zero-order valence-electron chi connectivity index (χ0n) is 16.2. The van der Waals surface area contributed by atoms with Crippen molar-refractivity contribution in [1.29, 1.82) is 0 Å². The molecule has 0 aliphatic carbocycles. The van der Waals surface area contributed by atoms with Gasteiger partial charge < -0.3 is 45.8 Å². The summed E-state index contributed by atoms with van der Waals surface area (Å²) in [7, 11) is -11.0. The number of phosphoric acid groups is 1. The quantitative estimate of drug-likeness (QED) is 0.155. The number of aliphatic hydroxyl groups is 4. The third-order valence-corrected chi connectivity index (χ3v) is 7.66. The third-order valence-electron chi connectivity index (χ3n) is 4.47. The van der Waals surface area contributed by atoms with Crippen molar-refractivity contribution < 1.29 is 62.8 Å². The number of carboxylic acids is 1. The standard InChI is InChI=1S/C13H19N5O13P2/c14-9-5-10(16-2-15-9)18(3-17-5)11-7(21)6(20)8(30-11)13(24)32(25,26)31-33(27,28)29-1-4(19)12(22)23/h2-4,6-8,11,13,19-21,24H,1H2,(H,22,23)(H,25,26)(H,27,28)(H2,14,15,16)/t4?,6-,7+,8-,11+,13?/m0/s1. The summed E-state index contributed by atoms with van der Waals surface area (Å²) in [5, 5.41) is 48.4. The lowest BCUT2D eigenvalue weighted by molar-refractivity contribution is -0.148. The van der Waals surface area contributed by atoms with Crippen LogP contribution in [-0.2, 0) is 27.5 Å². The number of nitrogens with zero attached hydrogens (tertiary/aromatic N) is 4. The third kappa shape index (κ3) is 5.21. The molecule has 2 aromatic rings. The monoisotopic (exact) mass is 515 g/mol. The van der Waals surface area contributed by atoms with Crippen LogP contribution in [0.2, 0.25) is 0 Å². The van der Waals surface area contributed by atoms with E-state index in [9.17, 15) is 39.0 Å². The predicted octanol–water partition coefficient (Wildman–Crippen LogP) is -2.89. The van der Waals surface area contributed by atoms with Crippen LogP contribution in [0.4, 0.5) is 5.82 Å². The van der Waals surface area contributed by atoms with Crippen LogP contribution in [0.25, 0.3) is 11.2 Å². The Morgan fingerprint density at radius 3 is 2.52 bits per heavy atom. The largest absolute Gasteiger partial charge is 0.479 e. The number of imidazole rings is 1. The number of nitrogens with two attached hydrogens (primary N) is 1. The van der Waals surface area contributed by atoms with E-state index in [1.807, 2.05) is 0 Å². The van der Waals surface area contributed by atoms with E-state index in [1.54, 1.807) is 0 Å². The van der Waals surface area contributed by atoms with Crippen molar-refractivity contribution in [1.82, 2.24) is 19.5 Å². The molecule has 2 aromatic heterocycles. The highest BCUT2D eigenvalue weighted by Gasteiger charge is 2.54. The summed E-state index contributed by atoms with van der Waals surface area (Å²) < 4.78 is 38.7. The van der Waals surface area contributed by atoms with Gasteiger partial charge in [0.1, 0.15) is 30.2 Å². The Labute approximate surface area is 183 Å². The van der Waals surface area contributed by atoms with Gasteiger partial charge in [0.15, 0.2) is 29.6 Å². The van der Waals surface area contributed by atoms with Crippen molar-refractivity contribution in [2.75, 3.05) is 12.3 Å². The van der Waals surface area contributed by atoms with Gasteiger partial charge in [-0.25, -0.2) is 28.6 Å². The van der Waals surface area contributed by atoms with E-state index in [-0.39, 0.29) is 17.0 Å². The van der Waals surface area contributed by atoms with Crippen molar-refractivity contribution in [3.63, 3.8) is 0 Å². The Hall–Kier alpha value is -2.08. The normalized spacial score (nSPS) is 28.8. The van der Waals surface area contributed by atoms with Gasteiger partial charge in [0.25, 0.3) is 0 Å². The average Bonchev–Trinajstić information content (AvgIpc) is 3.27. The molecule has 9 N–H and O–H groups in total. The number of rotatable bonds is 9. The number of nitrogen functional groups attached to an aromatic ring is 1. The summed E-state index contributed by atoms with van der Waals surface area (Å²) >= 11 is 0. The second-order valence-corrected chi connectivity index (χ2v) is 10.2. The first kappa shape index (κ1) is 25.5. The number of carbonyl (C=O) groups is 1. The summed E-state index contributed by atoms with van der Waals surface area (Å²) in [4.78, 5) is 41.5. The molecule has 1 saturated heterocycles. The van der Waals surface area contributed by atoms with Crippen molar-refractivity contribution in [3.05, 3.63) is 12.7 Å². The molecule has 3 rings (SSSR count). The molecule has 1 fully saturated rings. The number of carboxylic acid groups (broad SMARTS) is 1.